The molecule has 0 spiro atoms. The Kier molecular flexibility index (Phi) is 4.34. The van der Waals surface area contributed by atoms with Crippen LogP contribution < -0.4 is 4.90 Å². The monoisotopic (exact) mass is 364 g/mol. The summed E-state index contributed by atoms with van der Waals surface area (Å²) in [6.45, 7) is 8.11. The van der Waals surface area contributed by atoms with Gasteiger partial charge in [0.15, 0.2) is 5.82 Å². The number of hydrogen-bond donors (Lipinski definition) is 0. The number of nitriles is 1. The Hall–Kier alpha value is -2.88. The highest BCUT2D eigenvalue weighted by molar-refractivity contribution is 5.75. The van der Waals surface area contributed by atoms with Gasteiger partial charge in [-0.3, -0.25) is 9.48 Å². The molecular formula is C20H24N6O. The average molecular weight is 364 g/mol. The Labute approximate surface area is 159 Å². The Morgan fingerprint density at radius 3 is 2.81 bits per heavy atom. The predicted octanol–water partition coefficient (Wildman–Crippen LogP) is 2.72. The highest BCUT2D eigenvalue weighted by Gasteiger charge is 2.31. The van der Waals surface area contributed by atoms with E-state index < -0.39 is 0 Å². The van der Waals surface area contributed by atoms with Crippen molar-refractivity contribution < 1.29 is 4.79 Å². The lowest BCUT2D eigenvalue weighted by atomic mass is 10.0. The molecule has 0 saturated carbocycles. The summed E-state index contributed by atoms with van der Waals surface area (Å²) in [5, 5.41) is 14.1. The molecule has 0 aromatic carbocycles. The second kappa shape index (κ2) is 6.69. The van der Waals surface area contributed by atoms with Gasteiger partial charge in [0.05, 0.1) is 18.4 Å². The molecule has 1 amide bonds. The fourth-order valence-electron chi connectivity index (χ4n) is 4.10. The van der Waals surface area contributed by atoms with E-state index in [0.29, 0.717) is 12.2 Å². The lowest BCUT2D eigenvalue weighted by molar-refractivity contribution is -0.129. The standard InChI is InChI=1S/C20H24N6O/c1-13(2)26-18-6-8-24(14(3)27)12-17(18)20(23-26)25-7-4-5-15-9-16(10-21)22-11-19(15)25/h9,11,13H,4-8,12H2,1-3H3. The van der Waals surface area contributed by atoms with Crippen LogP contribution in [0.15, 0.2) is 12.3 Å². The van der Waals surface area contributed by atoms with E-state index in [1.54, 1.807) is 13.1 Å². The molecule has 7 nitrogen and oxygen atoms in total. The zero-order valence-corrected chi connectivity index (χ0v) is 16.1. The van der Waals surface area contributed by atoms with Crippen molar-refractivity contribution in [2.24, 2.45) is 0 Å². The third kappa shape index (κ3) is 2.95. The topological polar surface area (TPSA) is 78.1 Å². The van der Waals surface area contributed by atoms with Crippen LogP contribution in [0.5, 0.6) is 0 Å². The number of aromatic nitrogens is 3. The first-order valence-corrected chi connectivity index (χ1v) is 9.52. The molecular weight excluding hydrogens is 340 g/mol. The zero-order valence-electron chi connectivity index (χ0n) is 16.1. The second-order valence-electron chi connectivity index (χ2n) is 7.54. The van der Waals surface area contributed by atoms with Crippen LogP contribution in [0.1, 0.15) is 55.7 Å². The first kappa shape index (κ1) is 17.5. The molecule has 0 saturated heterocycles. The minimum atomic E-state index is 0.100. The lowest BCUT2D eigenvalue weighted by Gasteiger charge is -2.32. The number of rotatable bonds is 2. The van der Waals surface area contributed by atoms with Gasteiger partial charge in [0.2, 0.25) is 5.91 Å². The first-order chi connectivity index (χ1) is 13.0. The summed E-state index contributed by atoms with van der Waals surface area (Å²) < 4.78 is 2.10. The van der Waals surface area contributed by atoms with Crippen LogP contribution in [0.2, 0.25) is 0 Å². The second-order valence-corrected chi connectivity index (χ2v) is 7.54. The van der Waals surface area contributed by atoms with Gasteiger partial charge < -0.3 is 9.80 Å². The van der Waals surface area contributed by atoms with Gasteiger partial charge in [-0.05, 0) is 38.3 Å². The van der Waals surface area contributed by atoms with Crippen LogP contribution in [0.3, 0.4) is 0 Å². The highest BCUT2D eigenvalue weighted by atomic mass is 16.2. The van der Waals surface area contributed by atoms with E-state index in [1.165, 1.54) is 5.69 Å². The number of amides is 1. The Balaban J connectivity index is 1.82. The number of pyridine rings is 1. The summed E-state index contributed by atoms with van der Waals surface area (Å²) in [4.78, 5) is 20.3. The largest absolute Gasteiger partial charge is 0.338 e. The molecule has 140 valence electrons. The van der Waals surface area contributed by atoms with Gasteiger partial charge in [-0.2, -0.15) is 10.4 Å². The van der Waals surface area contributed by atoms with E-state index in [0.717, 1.165) is 55.0 Å². The molecule has 27 heavy (non-hydrogen) atoms. The number of carbonyl (C=O) groups excluding carboxylic acids is 1. The van der Waals surface area contributed by atoms with Crippen molar-refractivity contribution in [3.05, 3.63) is 34.8 Å². The minimum absolute atomic E-state index is 0.100. The normalized spacial score (nSPS) is 16.1. The number of hydrogen-bond acceptors (Lipinski definition) is 5. The maximum atomic E-state index is 12.0. The summed E-state index contributed by atoms with van der Waals surface area (Å²) in [7, 11) is 0. The van der Waals surface area contributed by atoms with E-state index in [-0.39, 0.29) is 11.9 Å². The molecule has 2 aliphatic rings. The molecule has 0 unspecified atom stereocenters. The quantitative estimate of drug-likeness (QED) is 0.819. The molecule has 0 radical (unpaired) electrons. The van der Waals surface area contributed by atoms with Crippen molar-refractivity contribution in [3.63, 3.8) is 0 Å². The van der Waals surface area contributed by atoms with Crippen LogP contribution in [0, 0.1) is 11.3 Å². The maximum Gasteiger partial charge on any atom is 0.219 e. The number of aryl methyl sites for hydroxylation is 1. The first-order valence-electron chi connectivity index (χ1n) is 9.52. The van der Waals surface area contributed by atoms with Crippen molar-refractivity contribution in [2.45, 2.75) is 52.6 Å². The smallest absolute Gasteiger partial charge is 0.219 e. The van der Waals surface area contributed by atoms with Gasteiger partial charge in [-0.25, -0.2) is 4.98 Å². The Morgan fingerprint density at radius 2 is 2.11 bits per heavy atom. The van der Waals surface area contributed by atoms with Crippen molar-refractivity contribution in [2.75, 3.05) is 18.0 Å². The van der Waals surface area contributed by atoms with Crippen LogP contribution >= 0.6 is 0 Å². The molecule has 2 aromatic rings. The van der Waals surface area contributed by atoms with Crippen LogP contribution in [-0.2, 0) is 24.2 Å². The number of nitrogens with zero attached hydrogens (tertiary/aromatic N) is 6. The number of anilines is 2. The van der Waals surface area contributed by atoms with Crippen LogP contribution in [-0.4, -0.2) is 38.7 Å². The van der Waals surface area contributed by atoms with E-state index in [2.05, 4.69) is 34.5 Å². The van der Waals surface area contributed by atoms with E-state index >= 15 is 0 Å². The minimum Gasteiger partial charge on any atom is -0.338 e. The van der Waals surface area contributed by atoms with E-state index in [1.807, 2.05) is 11.0 Å². The highest BCUT2D eigenvalue weighted by Crippen LogP contribution is 2.38. The number of carbonyl (C=O) groups is 1. The van der Waals surface area contributed by atoms with Gasteiger partial charge >= 0.3 is 0 Å². The summed E-state index contributed by atoms with van der Waals surface area (Å²) in [5.74, 6) is 1.03. The third-order valence-corrected chi connectivity index (χ3v) is 5.45. The van der Waals surface area contributed by atoms with E-state index in [9.17, 15) is 4.79 Å². The van der Waals surface area contributed by atoms with Gasteiger partial charge in [-0.15, -0.1) is 0 Å². The zero-order chi connectivity index (χ0) is 19.1. The fourth-order valence-corrected chi connectivity index (χ4v) is 4.10. The van der Waals surface area contributed by atoms with Crippen molar-refractivity contribution in [1.82, 2.24) is 19.7 Å². The molecule has 0 fully saturated rings. The molecule has 0 N–H and O–H groups in total. The van der Waals surface area contributed by atoms with Gasteiger partial charge in [0.25, 0.3) is 0 Å². The summed E-state index contributed by atoms with van der Waals surface area (Å²) in [6.07, 6.45) is 4.56. The third-order valence-electron chi connectivity index (χ3n) is 5.45. The van der Waals surface area contributed by atoms with Gasteiger partial charge in [0.1, 0.15) is 11.8 Å². The molecule has 0 atom stereocenters. The average Bonchev–Trinajstić information content (AvgIpc) is 3.06. The van der Waals surface area contributed by atoms with Crippen molar-refractivity contribution in [3.8, 4) is 6.07 Å². The molecule has 0 bridgehead atoms. The molecule has 7 heteroatoms. The Morgan fingerprint density at radius 1 is 1.30 bits per heavy atom. The fraction of sp³-hybridized carbons (Fsp3) is 0.500. The van der Waals surface area contributed by atoms with Gasteiger partial charge in [-0.1, -0.05) is 0 Å². The predicted molar refractivity (Wildman–Crippen MR) is 102 cm³/mol. The van der Waals surface area contributed by atoms with Crippen molar-refractivity contribution in [1.29, 1.82) is 5.26 Å². The molecule has 2 aliphatic heterocycles. The SMILES string of the molecule is CC(=O)N1CCc2c(c(N3CCCc4cc(C#N)ncc43)nn2C(C)C)C1. The molecule has 4 heterocycles. The molecule has 2 aromatic heterocycles. The maximum absolute atomic E-state index is 12.0. The van der Waals surface area contributed by atoms with Gasteiger partial charge in [0, 0.05) is 43.7 Å². The number of fused-ring (bicyclic) bond motifs is 2. The van der Waals surface area contributed by atoms with Crippen LogP contribution in [0.25, 0.3) is 0 Å². The summed E-state index contributed by atoms with van der Waals surface area (Å²) in [5.41, 5.74) is 4.98. The molecule has 0 aliphatic carbocycles. The lowest BCUT2D eigenvalue weighted by Crippen LogP contribution is -2.35. The van der Waals surface area contributed by atoms with E-state index in [4.69, 9.17) is 10.4 Å². The van der Waals surface area contributed by atoms with Crippen LogP contribution in [0.4, 0.5) is 11.5 Å². The molecule has 4 rings (SSSR count). The Bertz CT molecular complexity index is 939. The summed E-state index contributed by atoms with van der Waals surface area (Å²) in [6, 6.07) is 4.27. The van der Waals surface area contributed by atoms with Crippen molar-refractivity contribution >= 4 is 17.4 Å². The summed E-state index contributed by atoms with van der Waals surface area (Å²) >= 11 is 0.